The van der Waals surface area contributed by atoms with Crippen LogP contribution in [0, 0.1) is 0 Å². The molecular weight excluding hydrogens is 390 g/mol. The molecule has 1 aliphatic rings. The van der Waals surface area contributed by atoms with Crippen molar-refractivity contribution in [2.45, 2.75) is 9.92 Å². The molecule has 0 spiro atoms. The maximum atomic E-state index is 12.8. The number of hydrogen-bond acceptors (Lipinski definition) is 7. The topological polar surface area (TPSA) is 96.4 Å². The van der Waals surface area contributed by atoms with Gasteiger partial charge in [0.15, 0.2) is 5.03 Å². The molecule has 3 aromatic rings. The van der Waals surface area contributed by atoms with Gasteiger partial charge in [-0.15, -0.1) is 0 Å². The molecule has 3 heterocycles. The summed E-state index contributed by atoms with van der Waals surface area (Å²) in [4.78, 5) is 29.2. The van der Waals surface area contributed by atoms with Gasteiger partial charge in [-0.2, -0.15) is 0 Å². The molecule has 1 saturated heterocycles. The molecule has 1 aliphatic heterocycles. The predicted molar refractivity (Wildman–Crippen MR) is 106 cm³/mol. The van der Waals surface area contributed by atoms with Crippen molar-refractivity contribution < 1.29 is 13.2 Å². The number of carbonyl (C=O) groups is 1. The molecule has 1 fully saturated rings. The highest BCUT2D eigenvalue weighted by Gasteiger charge is 2.24. The molecule has 0 aliphatic carbocycles. The van der Waals surface area contributed by atoms with Crippen LogP contribution >= 0.6 is 0 Å². The number of pyridine rings is 1. The van der Waals surface area contributed by atoms with E-state index < -0.39 is 9.84 Å². The molecule has 8 nitrogen and oxygen atoms in total. The summed E-state index contributed by atoms with van der Waals surface area (Å²) in [7, 11) is -3.70. The lowest BCUT2D eigenvalue weighted by Crippen LogP contribution is -2.49. The van der Waals surface area contributed by atoms with Gasteiger partial charge in [-0.1, -0.05) is 18.2 Å². The third-order valence-electron chi connectivity index (χ3n) is 4.71. The minimum atomic E-state index is -3.70. The fourth-order valence-corrected chi connectivity index (χ4v) is 4.33. The number of benzene rings is 1. The molecule has 9 heteroatoms. The summed E-state index contributed by atoms with van der Waals surface area (Å²) in [6.45, 7) is 2.32. The van der Waals surface area contributed by atoms with E-state index in [-0.39, 0.29) is 15.8 Å². The number of nitrogens with zero attached hydrogens (tertiary/aromatic N) is 5. The maximum absolute atomic E-state index is 12.8. The Labute approximate surface area is 168 Å². The number of rotatable bonds is 4. The van der Waals surface area contributed by atoms with Gasteiger partial charge >= 0.3 is 0 Å². The van der Waals surface area contributed by atoms with Gasteiger partial charge in [-0.05, 0) is 30.3 Å². The van der Waals surface area contributed by atoms with Crippen LogP contribution in [0.25, 0.3) is 0 Å². The summed E-state index contributed by atoms with van der Waals surface area (Å²) < 4.78 is 25.2. The summed E-state index contributed by atoms with van der Waals surface area (Å²) in [5, 5.41) is -0.0775. The first-order chi connectivity index (χ1) is 14.1. The maximum Gasteiger partial charge on any atom is 0.255 e. The molecule has 29 heavy (non-hydrogen) atoms. The largest absolute Gasteiger partial charge is 0.337 e. The van der Waals surface area contributed by atoms with E-state index in [0.717, 1.165) is 0 Å². The van der Waals surface area contributed by atoms with E-state index in [9.17, 15) is 13.2 Å². The number of hydrogen-bond donors (Lipinski definition) is 0. The molecule has 0 saturated carbocycles. The van der Waals surface area contributed by atoms with Crippen LogP contribution in [0.15, 0.2) is 77.0 Å². The summed E-state index contributed by atoms with van der Waals surface area (Å²) in [5.74, 6) is 0.478. The fourth-order valence-electron chi connectivity index (χ4n) is 3.13. The Morgan fingerprint density at radius 3 is 2.14 bits per heavy atom. The second kappa shape index (κ2) is 7.96. The van der Waals surface area contributed by atoms with Gasteiger partial charge in [0.2, 0.25) is 15.8 Å². The van der Waals surface area contributed by atoms with Crippen molar-refractivity contribution in [1.29, 1.82) is 0 Å². The van der Waals surface area contributed by atoms with Gasteiger partial charge in [-0.3, -0.25) is 4.79 Å². The standard InChI is InChI=1S/C20H19N5O3S/c26-19(24-11-13-25(14-12-24)20-21-9-4-10-22-20)16-7-8-18(23-15-16)29(27,28)17-5-2-1-3-6-17/h1-10,15H,11-14H2. The molecule has 1 aromatic carbocycles. The van der Waals surface area contributed by atoms with Gasteiger partial charge in [0.1, 0.15) is 0 Å². The molecule has 4 rings (SSSR count). The van der Waals surface area contributed by atoms with Crippen LogP contribution in [0.3, 0.4) is 0 Å². The zero-order valence-corrected chi connectivity index (χ0v) is 16.4. The Hall–Kier alpha value is -3.33. The summed E-state index contributed by atoms with van der Waals surface area (Å²) in [5.41, 5.74) is 0.362. The molecule has 1 amide bonds. The van der Waals surface area contributed by atoms with Crippen molar-refractivity contribution in [3.8, 4) is 0 Å². The van der Waals surface area contributed by atoms with E-state index in [1.165, 1.54) is 30.5 Å². The van der Waals surface area contributed by atoms with Gasteiger partial charge in [0.05, 0.1) is 10.5 Å². The fraction of sp³-hybridized carbons (Fsp3) is 0.200. The van der Waals surface area contributed by atoms with Crippen LogP contribution in [0.5, 0.6) is 0 Å². The SMILES string of the molecule is O=C(c1ccc(S(=O)(=O)c2ccccc2)nc1)N1CCN(c2ncccn2)CC1. The average Bonchev–Trinajstić information content (AvgIpc) is 2.80. The Morgan fingerprint density at radius 1 is 0.828 bits per heavy atom. The molecule has 0 bridgehead atoms. The predicted octanol–water partition coefficient (Wildman–Crippen LogP) is 1.67. The highest BCUT2D eigenvalue weighted by molar-refractivity contribution is 7.91. The molecule has 0 radical (unpaired) electrons. The van der Waals surface area contributed by atoms with Crippen LogP contribution in [0.2, 0.25) is 0 Å². The molecule has 0 unspecified atom stereocenters. The minimum absolute atomic E-state index is 0.0775. The van der Waals surface area contributed by atoms with E-state index in [1.807, 2.05) is 4.90 Å². The molecular formula is C20H19N5O3S. The second-order valence-electron chi connectivity index (χ2n) is 6.53. The van der Waals surface area contributed by atoms with Crippen molar-refractivity contribution >= 4 is 21.7 Å². The van der Waals surface area contributed by atoms with Crippen LogP contribution < -0.4 is 4.90 Å². The Balaban J connectivity index is 1.44. The molecule has 2 aromatic heterocycles. The quantitative estimate of drug-likeness (QED) is 0.647. The Morgan fingerprint density at radius 2 is 1.52 bits per heavy atom. The van der Waals surface area contributed by atoms with Gasteiger partial charge in [0.25, 0.3) is 5.91 Å². The Kier molecular flexibility index (Phi) is 5.22. The zero-order chi connectivity index (χ0) is 20.3. The van der Waals surface area contributed by atoms with Crippen LogP contribution in [0.4, 0.5) is 5.95 Å². The first-order valence-electron chi connectivity index (χ1n) is 9.13. The molecule has 148 valence electrons. The normalized spacial score (nSPS) is 14.6. The van der Waals surface area contributed by atoms with Crippen molar-refractivity contribution in [3.05, 3.63) is 72.7 Å². The van der Waals surface area contributed by atoms with Gasteiger partial charge in [-0.25, -0.2) is 23.4 Å². The average molecular weight is 409 g/mol. The van der Waals surface area contributed by atoms with E-state index in [0.29, 0.717) is 37.7 Å². The minimum Gasteiger partial charge on any atom is -0.337 e. The van der Waals surface area contributed by atoms with Crippen molar-refractivity contribution in [1.82, 2.24) is 19.9 Å². The van der Waals surface area contributed by atoms with E-state index in [2.05, 4.69) is 15.0 Å². The van der Waals surface area contributed by atoms with Crippen LogP contribution in [0.1, 0.15) is 10.4 Å². The number of carbonyl (C=O) groups excluding carboxylic acids is 1. The van der Waals surface area contributed by atoms with E-state index in [1.54, 1.807) is 41.6 Å². The lowest BCUT2D eigenvalue weighted by molar-refractivity contribution is 0.0745. The number of aromatic nitrogens is 3. The van der Waals surface area contributed by atoms with Crippen LogP contribution in [-0.2, 0) is 9.84 Å². The van der Waals surface area contributed by atoms with E-state index in [4.69, 9.17) is 0 Å². The smallest absolute Gasteiger partial charge is 0.255 e. The summed E-state index contributed by atoms with van der Waals surface area (Å²) >= 11 is 0. The third kappa shape index (κ3) is 3.95. The van der Waals surface area contributed by atoms with Crippen molar-refractivity contribution in [2.75, 3.05) is 31.1 Å². The Bertz CT molecular complexity index is 1080. The summed E-state index contributed by atoms with van der Waals surface area (Å²) in [6.07, 6.45) is 4.71. The molecule has 0 atom stereocenters. The van der Waals surface area contributed by atoms with Crippen molar-refractivity contribution in [2.24, 2.45) is 0 Å². The monoisotopic (exact) mass is 409 g/mol. The second-order valence-corrected chi connectivity index (χ2v) is 8.43. The number of anilines is 1. The van der Waals surface area contributed by atoms with Crippen molar-refractivity contribution in [3.63, 3.8) is 0 Å². The number of sulfone groups is 1. The van der Waals surface area contributed by atoms with Gasteiger partial charge in [0, 0.05) is 44.8 Å². The highest BCUT2D eigenvalue weighted by Crippen LogP contribution is 2.19. The first-order valence-corrected chi connectivity index (χ1v) is 10.6. The number of piperazine rings is 1. The lowest BCUT2D eigenvalue weighted by atomic mass is 10.2. The molecule has 0 N–H and O–H groups in total. The van der Waals surface area contributed by atoms with Gasteiger partial charge < -0.3 is 9.80 Å². The van der Waals surface area contributed by atoms with E-state index >= 15 is 0 Å². The third-order valence-corrected chi connectivity index (χ3v) is 6.40. The zero-order valence-electron chi connectivity index (χ0n) is 15.5. The highest BCUT2D eigenvalue weighted by atomic mass is 32.2. The van der Waals surface area contributed by atoms with Crippen LogP contribution in [-0.4, -0.2) is 60.4 Å². The first kappa shape index (κ1) is 19.0. The number of amides is 1. The lowest BCUT2D eigenvalue weighted by Gasteiger charge is -2.34. The summed E-state index contributed by atoms with van der Waals surface area (Å²) in [6, 6.07) is 12.8.